The summed E-state index contributed by atoms with van der Waals surface area (Å²) in [6.45, 7) is 6.07. The van der Waals surface area contributed by atoms with E-state index < -0.39 is 0 Å². The fraction of sp³-hybridized carbons (Fsp3) is 0.625. The van der Waals surface area contributed by atoms with Crippen LogP contribution in [-0.2, 0) is 16.1 Å². The summed E-state index contributed by atoms with van der Waals surface area (Å²) in [6, 6.07) is 4.07. The Labute approximate surface area is 125 Å². The van der Waals surface area contributed by atoms with E-state index in [2.05, 4.69) is 16.0 Å². The molecule has 0 spiro atoms. The highest BCUT2D eigenvalue weighted by atomic mass is 16.5. The van der Waals surface area contributed by atoms with Gasteiger partial charge in [-0.2, -0.15) is 0 Å². The molecule has 0 aromatic carbocycles. The van der Waals surface area contributed by atoms with Crippen LogP contribution in [0.25, 0.3) is 0 Å². The highest BCUT2D eigenvalue weighted by Gasteiger charge is 2.25. The van der Waals surface area contributed by atoms with Crippen LogP contribution in [0.5, 0.6) is 0 Å². The Morgan fingerprint density at radius 3 is 2.86 bits per heavy atom. The van der Waals surface area contributed by atoms with Crippen molar-refractivity contribution in [3.8, 4) is 0 Å². The first-order valence-corrected chi connectivity index (χ1v) is 7.78. The summed E-state index contributed by atoms with van der Waals surface area (Å²) >= 11 is 0. The minimum Gasteiger partial charge on any atom is -0.381 e. The number of rotatable bonds is 4. The lowest BCUT2D eigenvalue weighted by Gasteiger charge is -2.35. The molecule has 5 heteroatoms. The summed E-state index contributed by atoms with van der Waals surface area (Å²) in [5.74, 6) is 0.734. The fourth-order valence-electron chi connectivity index (χ4n) is 3.03. The molecule has 114 valence electrons. The monoisotopic (exact) mass is 289 g/mol. The molecular formula is C16H23N3O2. The molecule has 5 nitrogen and oxygen atoms in total. The maximum atomic E-state index is 12.3. The van der Waals surface area contributed by atoms with Crippen LogP contribution in [-0.4, -0.2) is 60.1 Å². The van der Waals surface area contributed by atoms with Gasteiger partial charge in [0.1, 0.15) is 0 Å². The summed E-state index contributed by atoms with van der Waals surface area (Å²) in [4.78, 5) is 20.8. The van der Waals surface area contributed by atoms with Crippen molar-refractivity contribution in [3.63, 3.8) is 0 Å². The first-order valence-electron chi connectivity index (χ1n) is 7.78. The van der Waals surface area contributed by atoms with Gasteiger partial charge in [-0.25, -0.2) is 0 Å². The summed E-state index contributed by atoms with van der Waals surface area (Å²) in [5.41, 5.74) is 1.24. The van der Waals surface area contributed by atoms with E-state index in [-0.39, 0.29) is 0 Å². The number of carbonyl (C=O) groups excluding carboxylic acids is 1. The molecule has 0 saturated carbocycles. The van der Waals surface area contributed by atoms with Crippen molar-refractivity contribution in [1.82, 2.24) is 14.8 Å². The molecule has 1 aromatic rings. The highest BCUT2D eigenvalue weighted by molar-refractivity contribution is 5.76. The number of piperazine rings is 1. The van der Waals surface area contributed by atoms with Gasteiger partial charge in [-0.05, 0) is 24.0 Å². The summed E-state index contributed by atoms with van der Waals surface area (Å²) < 4.78 is 5.34. The van der Waals surface area contributed by atoms with Crippen molar-refractivity contribution in [2.75, 3.05) is 39.4 Å². The van der Waals surface area contributed by atoms with Crippen molar-refractivity contribution < 1.29 is 9.53 Å². The van der Waals surface area contributed by atoms with Gasteiger partial charge in [0.25, 0.3) is 0 Å². The van der Waals surface area contributed by atoms with Gasteiger partial charge in [-0.3, -0.25) is 14.7 Å². The van der Waals surface area contributed by atoms with Gasteiger partial charge in [0.2, 0.25) is 5.91 Å². The predicted molar refractivity (Wildman–Crippen MR) is 79.6 cm³/mol. The zero-order valence-corrected chi connectivity index (χ0v) is 12.4. The van der Waals surface area contributed by atoms with E-state index in [1.54, 1.807) is 6.20 Å². The molecule has 2 saturated heterocycles. The largest absolute Gasteiger partial charge is 0.381 e. The van der Waals surface area contributed by atoms with Crippen LogP contribution in [0.1, 0.15) is 18.4 Å². The second-order valence-corrected chi connectivity index (χ2v) is 5.95. The molecule has 1 aromatic heterocycles. The van der Waals surface area contributed by atoms with Crippen LogP contribution >= 0.6 is 0 Å². The molecule has 3 heterocycles. The molecule has 0 bridgehead atoms. The number of pyridine rings is 1. The fourth-order valence-corrected chi connectivity index (χ4v) is 3.03. The second kappa shape index (κ2) is 7.00. The third-order valence-corrected chi connectivity index (χ3v) is 4.34. The van der Waals surface area contributed by atoms with Gasteiger partial charge >= 0.3 is 0 Å². The molecule has 0 N–H and O–H groups in total. The van der Waals surface area contributed by atoms with Gasteiger partial charge in [-0.15, -0.1) is 0 Å². The van der Waals surface area contributed by atoms with E-state index in [0.717, 1.165) is 52.4 Å². The number of hydrogen-bond acceptors (Lipinski definition) is 4. The molecule has 21 heavy (non-hydrogen) atoms. The number of aromatic nitrogens is 1. The van der Waals surface area contributed by atoms with Crippen molar-refractivity contribution in [2.45, 2.75) is 19.4 Å². The molecule has 0 aliphatic carbocycles. The average Bonchev–Trinajstić information content (AvgIpc) is 3.02. The Morgan fingerprint density at radius 1 is 1.33 bits per heavy atom. The van der Waals surface area contributed by atoms with Crippen molar-refractivity contribution >= 4 is 5.91 Å². The molecule has 2 fully saturated rings. The SMILES string of the molecule is O=C(C[C@@H]1CCOC1)N1CCN(Cc2cccnc2)CC1. The summed E-state index contributed by atoms with van der Waals surface area (Å²) in [6.07, 6.45) is 5.40. The standard InChI is InChI=1S/C16H23N3O2/c20-16(10-14-3-9-21-13-14)19-7-5-18(6-8-19)12-15-2-1-4-17-11-15/h1-2,4,11,14H,3,5-10,12-13H2/t14-/m0/s1. The van der Waals surface area contributed by atoms with Crippen LogP contribution in [0.3, 0.4) is 0 Å². The van der Waals surface area contributed by atoms with E-state index in [9.17, 15) is 4.79 Å². The lowest BCUT2D eigenvalue weighted by molar-refractivity contribution is -0.134. The number of carbonyl (C=O) groups is 1. The Bertz CT molecular complexity index is 452. The Kier molecular flexibility index (Phi) is 4.83. The van der Waals surface area contributed by atoms with Gasteiger partial charge in [0.15, 0.2) is 0 Å². The van der Waals surface area contributed by atoms with Crippen LogP contribution < -0.4 is 0 Å². The van der Waals surface area contributed by atoms with Gasteiger partial charge in [-0.1, -0.05) is 6.07 Å². The highest BCUT2D eigenvalue weighted by Crippen LogP contribution is 2.18. The molecule has 3 rings (SSSR count). The zero-order valence-electron chi connectivity index (χ0n) is 12.4. The minimum atomic E-state index is 0.298. The first-order chi connectivity index (χ1) is 10.3. The number of ether oxygens (including phenoxy) is 1. The van der Waals surface area contributed by atoms with Crippen molar-refractivity contribution in [3.05, 3.63) is 30.1 Å². The Hall–Kier alpha value is -1.46. The number of nitrogens with zero attached hydrogens (tertiary/aromatic N) is 3. The van der Waals surface area contributed by atoms with E-state index in [1.165, 1.54) is 5.56 Å². The maximum absolute atomic E-state index is 12.3. The third kappa shape index (κ3) is 4.02. The summed E-state index contributed by atoms with van der Waals surface area (Å²) in [5, 5.41) is 0. The molecule has 0 radical (unpaired) electrons. The molecule has 1 atom stereocenters. The van der Waals surface area contributed by atoms with Crippen LogP contribution in [0.15, 0.2) is 24.5 Å². The molecule has 0 unspecified atom stereocenters. The normalized spacial score (nSPS) is 23.4. The Morgan fingerprint density at radius 2 is 2.19 bits per heavy atom. The van der Waals surface area contributed by atoms with Crippen LogP contribution in [0.2, 0.25) is 0 Å². The van der Waals surface area contributed by atoms with Crippen LogP contribution in [0.4, 0.5) is 0 Å². The van der Waals surface area contributed by atoms with E-state index in [4.69, 9.17) is 4.74 Å². The first kappa shape index (κ1) is 14.5. The zero-order chi connectivity index (χ0) is 14.5. The van der Waals surface area contributed by atoms with Crippen molar-refractivity contribution in [2.24, 2.45) is 5.92 Å². The van der Waals surface area contributed by atoms with Gasteiger partial charge in [0, 0.05) is 64.8 Å². The van der Waals surface area contributed by atoms with Crippen molar-refractivity contribution in [1.29, 1.82) is 0 Å². The van der Waals surface area contributed by atoms with E-state index in [1.807, 2.05) is 17.2 Å². The topological polar surface area (TPSA) is 45.7 Å². The smallest absolute Gasteiger partial charge is 0.223 e. The minimum absolute atomic E-state index is 0.298. The second-order valence-electron chi connectivity index (χ2n) is 5.95. The lowest BCUT2D eigenvalue weighted by atomic mass is 10.0. The maximum Gasteiger partial charge on any atom is 0.223 e. The van der Waals surface area contributed by atoms with Crippen LogP contribution in [0, 0.1) is 5.92 Å². The molecule has 1 amide bonds. The van der Waals surface area contributed by atoms with E-state index >= 15 is 0 Å². The lowest BCUT2D eigenvalue weighted by Crippen LogP contribution is -2.48. The van der Waals surface area contributed by atoms with E-state index in [0.29, 0.717) is 18.2 Å². The molecule has 2 aliphatic heterocycles. The Balaban J connectivity index is 1.43. The quantitative estimate of drug-likeness (QED) is 0.834. The average molecular weight is 289 g/mol. The van der Waals surface area contributed by atoms with Gasteiger partial charge < -0.3 is 9.64 Å². The van der Waals surface area contributed by atoms with Gasteiger partial charge in [0.05, 0.1) is 0 Å². The summed E-state index contributed by atoms with van der Waals surface area (Å²) in [7, 11) is 0. The third-order valence-electron chi connectivity index (χ3n) is 4.34. The predicted octanol–water partition coefficient (Wildman–Crippen LogP) is 1.15. The number of hydrogen-bond donors (Lipinski definition) is 0. The molecule has 2 aliphatic rings. The molecular weight excluding hydrogens is 266 g/mol. The number of amides is 1.